The van der Waals surface area contributed by atoms with Gasteiger partial charge in [0.2, 0.25) is 0 Å². The molecule has 1 aromatic heterocycles. The predicted molar refractivity (Wildman–Crippen MR) is 62.3 cm³/mol. The highest BCUT2D eigenvalue weighted by molar-refractivity contribution is 5.07. The first-order valence-electron chi connectivity index (χ1n) is 5.61. The third-order valence-corrected chi connectivity index (χ3v) is 2.49. The lowest BCUT2D eigenvalue weighted by atomic mass is 10.1. The Morgan fingerprint density at radius 1 is 1.38 bits per heavy atom. The van der Waals surface area contributed by atoms with Crippen molar-refractivity contribution in [2.45, 2.75) is 32.1 Å². The van der Waals surface area contributed by atoms with Gasteiger partial charge in [0.25, 0.3) is 0 Å². The lowest BCUT2D eigenvalue weighted by molar-refractivity contribution is -0.122. The highest BCUT2D eigenvalue weighted by atomic mass is 16.7. The Labute approximate surface area is 96.9 Å². The van der Waals surface area contributed by atoms with E-state index in [0.717, 1.165) is 24.9 Å². The van der Waals surface area contributed by atoms with E-state index in [1.165, 1.54) is 0 Å². The minimum Gasteiger partial charge on any atom is -0.472 e. The van der Waals surface area contributed by atoms with Crippen LogP contribution in [0.2, 0.25) is 0 Å². The van der Waals surface area contributed by atoms with Crippen LogP contribution >= 0.6 is 0 Å². The number of ether oxygens (including phenoxy) is 2. The molecule has 0 saturated heterocycles. The number of methoxy groups -OCH3 is 2. The van der Waals surface area contributed by atoms with Crippen molar-refractivity contribution >= 4 is 0 Å². The largest absolute Gasteiger partial charge is 0.472 e. The van der Waals surface area contributed by atoms with E-state index in [1.54, 1.807) is 26.7 Å². The highest BCUT2D eigenvalue weighted by Gasteiger charge is 2.20. The lowest BCUT2D eigenvalue weighted by Crippen LogP contribution is -2.43. The van der Waals surface area contributed by atoms with E-state index in [-0.39, 0.29) is 12.3 Å². The normalized spacial score (nSPS) is 13.2. The summed E-state index contributed by atoms with van der Waals surface area (Å²) in [6.07, 6.45) is 5.12. The van der Waals surface area contributed by atoms with Crippen LogP contribution in [0.1, 0.15) is 18.9 Å². The van der Waals surface area contributed by atoms with Crippen LogP contribution in [-0.2, 0) is 15.9 Å². The zero-order chi connectivity index (χ0) is 11.8. The first-order chi connectivity index (χ1) is 7.81. The highest BCUT2D eigenvalue weighted by Crippen LogP contribution is 2.09. The molecule has 4 heteroatoms. The van der Waals surface area contributed by atoms with Gasteiger partial charge in [0, 0.05) is 14.2 Å². The molecule has 4 nitrogen and oxygen atoms in total. The minimum absolute atomic E-state index is 0.146. The molecule has 0 radical (unpaired) electrons. The van der Waals surface area contributed by atoms with Gasteiger partial charge in [-0.25, -0.2) is 0 Å². The maximum Gasteiger partial charge on any atom is 0.172 e. The Morgan fingerprint density at radius 3 is 2.62 bits per heavy atom. The molecule has 1 atom stereocenters. The van der Waals surface area contributed by atoms with Crippen molar-refractivity contribution in [2.24, 2.45) is 0 Å². The maximum absolute atomic E-state index is 5.29. The predicted octanol–water partition coefficient (Wildman–Crippen LogP) is 1.81. The molecule has 16 heavy (non-hydrogen) atoms. The van der Waals surface area contributed by atoms with Crippen molar-refractivity contribution in [2.75, 3.05) is 20.8 Å². The van der Waals surface area contributed by atoms with Gasteiger partial charge in [-0.3, -0.25) is 0 Å². The third-order valence-electron chi connectivity index (χ3n) is 2.49. The summed E-state index contributed by atoms with van der Waals surface area (Å²) in [6, 6.07) is 2.11. The fourth-order valence-electron chi connectivity index (χ4n) is 1.68. The van der Waals surface area contributed by atoms with Gasteiger partial charge >= 0.3 is 0 Å². The molecule has 0 amide bonds. The van der Waals surface area contributed by atoms with Crippen LogP contribution < -0.4 is 5.32 Å². The van der Waals surface area contributed by atoms with Crippen molar-refractivity contribution in [3.63, 3.8) is 0 Å². The maximum atomic E-state index is 5.29. The summed E-state index contributed by atoms with van der Waals surface area (Å²) in [5.41, 5.74) is 1.15. The summed E-state index contributed by atoms with van der Waals surface area (Å²) in [5, 5.41) is 3.42. The Hall–Kier alpha value is -0.840. The van der Waals surface area contributed by atoms with Gasteiger partial charge in [-0.15, -0.1) is 0 Å². The quantitative estimate of drug-likeness (QED) is 0.688. The lowest BCUT2D eigenvalue weighted by Gasteiger charge is -2.25. The SMILES string of the molecule is CCCNC(Cc1ccoc1)C(OC)OC. The third kappa shape index (κ3) is 3.96. The van der Waals surface area contributed by atoms with Crippen molar-refractivity contribution in [3.05, 3.63) is 24.2 Å². The van der Waals surface area contributed by atoms with Gasteiger partial charge < -0.3 is 19.2 Å². The molecule has 92 valence electrons. The number of nitrogens with one attached hydrogen (secondary N) is 1. The molecule has 0 spiro atoms. The molecular formula is C12H21NO3. The zero-order valence-corrected chi connectivity index (χ0v) is 10.2. The minimum atomic E-state index is -0.235. The molecule has 0 bridgehead atoms. The fourth-order valence-corrected chi connectivity index (χ4v) is 1.68. The molecule has 0 aliphatic heterocycles. The summed E-state index contributed by atoms with van der Waals surface area (Å²) in [4.78, 5) is 0. The summed E-state index contributed by atoms with van der Waals surface area (Å²) in [6.45, 7) is 3.09. The fraction of sp³-hybridized carbons (Fsp3) is 0.667. The second-order valence-corrected chi connectivity index (χ2v) is 3.74. The summed E-state index contributed by atoms with van der Waals surface area (Å²) < 4.78 is 15.6. The Morgan fingerprint density at radius 2 is 2.12 bits per heavy atom. The molecule has 1 N–H and O–H groups in total. The number of rotatable bonds is 8. The van der Waals surface area contributed by atoms with Gasteiger partial charge in [-0.2, -0.15) is 0 Å². The number of hydrogen-bond donors (Lipinski definition) is 1. The van der Waals surface area contributed by atoms with Crippen LogP contribution in [0.15, 0.2) is 23.0 Å². The molecule has 0 aliphatic rings. The van der Waals surface area contributed by atoms with E-state index in [2.05, 4.69) is 12.2 Å². The average molecular weight is 227 g/mol. The molecule has 1 heterocycles. The molecular weight excluding hydrogens is 206 g/mol. The second kappa shape index (κ2) is 7.44. The molecule has 0 saturated carbocycles. The standard InChI is InChI=1S/C12H21NO3/c1-4-6-13-11(12(14-2)15-3)8-10-5-7-16-9-10/h5,7,9,11-13H,4,6,8H2,1-3H3. The van der Waals surface area contributed by atoms with E-state index < -0.39 is 0 Å². The Balaban J connectivity index is 2.55. The first-order valence-corrected chi connectivity index (χ1v) is 5.61. The van der Waals surface area contributed by atoms with Crippen molar-refractivity contribution in [1.82, 2.24) is 5.32 Å². The van der Waals surface area contributed by atoms with E-state index in [9.17, 15) is 0 Å². The van der Waals surface area contributed by atoms with Crippen LogP contribution in [-0.4, -0.2) is 33.1 Å². The Kier molecular flexibility index (Phi) is 6.15. The topological polar surface area (TPSA) is 43.6 Å². The van der Waals surface area contributed by atoms with Crippen LogP contribution in [0, 0.1) is 0 Å². The van der Waals surface area contributed by atoms with Gasteiger partial charge in [0.05, 0.1) is 18.6 Å². The Bertz CT molecular complexity index is 257. The molecule has 0 aromatic carbocycles. The van der Waals surface area contributed by atoms with E-state index in [4.69, 9.17) is 13.9 Å². The molecule has 1 unspecified atom stereocenters. The van der Waals surface area contributed by atoms with E-state index in [1.807, 2.05) is 6.07 Å². The van der Waals surface area contributed by atoms with Gasteiger partial charge in [-0.1, -0.05) is 6.92 Å². The molecule has 1 rings (SSSR count). The number of furan rings is 1. The molecule has 0 fully saturated rings. The average Bonchev–Trinajstić information content (AvgIpc) is 2.80. The monoisotopic (exact) mass is 227 g/mol. The first kappa shape index (κ1) is 13.2. The van der Waals surface area contributed by atoms with Gasteiger partial charge in [-0.05, 0) is 31.0 Å². The summed E-state index contributed by atoms with van der Waals surface area (Å²) in [5.74, 6) is 0. The summed E-state index contributed by atoms with van der Waals surface area (Å²) in [7, 11) is 3.31. The van der Waals surface area contributed by atoms with Crippen LogP contribution in [0.4, 0.5) is 0 Å². The van der Waals surface area contributed by atoms with Crippen LogP contribution in [0.5, 0.6) is 0 Å². The number of hydrogen-bond acceptors (Lipinski definition) is 4. The van der Waals surface area contributed by atoms with E-state index >= 15 is 0 Å². The summed E-state index contributed by atoms with van der Waals surface area (Å²) >= 11 is 0. The molecule has 1 aromatic rings. The molecule has 0 aliphatic carbocycles. The van der Waals surface area contributed by atoms with Crippen molar-refractivity contribution in [3.8, 4) is 0 Å². The van der Waals surface area contributed by atoms with Gasteiger partial charge in [0.1, 0.15) is 0 Å². The van der Waals surface area contributed by atoms with E-state index in [0.29, 0.717) is 0 Å². The zero-order valence-electron chi connectivity index (χ0n) is 10.2. The van der Waals surface area contributed by atoms with Crippen LogP contribution in [0.25, 0.3) is 0 Å². The van der Waals surface area contributed by atoms with Crippen molar-refractivity contribution in [1.29, 1.82) is 0 Å². The second-order valence-electron chi connectivity index (χ2n) is 3.74. The smallest absolute Gasteiger partial charge is 0.172 e. The van der Waals surface area contributed by atoms with Crippen molar-refractivity contribution < 1.29 is 13.9 Å². The van der Waals surface area contributed by atoms with Crippen LogP contribution in [0.3, 0.4) is 0 Å². The van der Waals surface area contributed by atoms with Gasteiger partial charge in [0.15, 0.2) is 6.29 Å².